The van der Waals surface area contributed by atoms with Crippen molar-refractivity contribution in [3.05, 3.63) is 35.9 Å². The largest absolute Gasteiger partial charge is 0.394 e. The Bertz CT molecular complexity index is 430. The van der Waals surface area contributed by atoms with Crippen LogP contribution in [0.5, 0.6) is 0 Å². The first-order chi connectivity index (χ1) is 10.1. The van der Waals surface area contributed by atoms with Gasteiger partial charge in [0.2, 0.25) is 0 Å². The number of benzene rings is 1. The predicted molar refractivity (Wildman–Crippen MR) is 88.1 cm³/mol. The summed E-state index contributed by atoms with van der Waals surface area (Å²) in [7, 11) is 0. The molecule has 1 aliphatic rings. The standard InChI is InChI=1S/C18H30N2O/c1-3-17(4-2)10-12-20(14-17)13-11-18(19,15-21)16-8-6-5-7-9-16/h5-9,21H,3-4,10-15,19H2,1-2H3. The second-order valence-corrected chi connectivity index (χ2v) is 6.66. The Morgan fingerprint density at radius 1 is 1.24 bits per heavy atom. The molecule has 3 nitrogen and oxygen atoms in total. The molecule has 1 aromatic rings. The van der Waals surface area contributed by atoms with Crippen LogP contribution in [0.2, 0.25) is 0 Å². The minimum atomic E-state index is -0.620. The molecule has 1 aromatic carbocycles. The number of aliphatic hydroxyl groups is 1. The maximum atomic E-state index is 9.76. The summed E-state index contributed by atoms with van der Waals surface area (Å²) in [5.74, 6) is 0. The normalized spacial score (nSPS) is 21.3. The van der Waals surface area contributed by atoms with Gasteiger partial charge in [0.05, 0.1) is 12.1 Å². The lowest BCUT2D eigenvalue weighted by Crippen LogP contribution is -2.43. The molecule has 0 bridgehead atoms. The van der Waals surface area contributed by atoms with Gasteiger partial charge >= 0.3 is 0 Å². The van der Waals surface area contributed by atoms with Crippen molar-refractivity contribution < 1.29 is 5.11 Å². The second-order valence-electron chi connectivity index (χ2n) is 6.66. The van der Waals surface area contributed by atoms with Gasteiger partial charge in [-0.2, -0.15) is 0 Å². The van der Waals surface area contributed by atoms with Crippen molar-refractivity contribution in [1.29, 1.82) is 0 Å². The van der Waals surface area contributed by atoms with Crippen LogP contribution < -0.4 is 5.73 Å². The second kappa shape index (κ2) is 6.91. The van der Waals surface area contributed by atoms with E-state index in [0.29, 0.717) is 5.41 Å². The molecule has 1 saturated heterocycles. The Labute approximate surface area is 129 Å². The number of nitrogens with zero attached hydrogens (tertiary/aromatic N) is 1. The van der Waals surface area contributed by atoms with E-state index in [9.17, 15) is 5.11 Å². The van der Waals surface area contributed by atoms with Gasteiger partial charge in [-0.15, -0.1) is 0 Å². The van der Waals surface area contributed by atoms with Crippen LogP contribution in [-0.2, 0) is 5.54 Å². The number of hydrogen-bond acceptors (Lipinski definition) is 3. The summed E-state index contributed by atoms with van der Waals surface area (Å²) in [5.41, 5.74) is 7.37. The van der Waals surface area contributed by atoms with Gasteiger partial charge in [-0.05, 0) is 43.2 Å². The summed E-state index contributed by atoms with van der Waals surface area (Å²) in [6.07, 6.45) is 4.61. The zero-order valence-corrected chi connectivity index (χ0v) is 13.5. The van der Waals surface area contributed by atoms with Crippen molar-refractivity contribution in [3.63, 3.8) is 0 Å². The lowest BCUT2D eigenvalue weighted by molar-refractivity contribution is 0.164. The summed E-state index contributed by atoms with van der Waals surface area (Å²) in [5, 5.41) is 9.76. The van der Waals surface area contributed by atoms with Crippen LogP contribution >= 0.6 is 0 Å². The van der Waals surface area contributed by atoms with E-state index in [4.69, 9.17) is 5.73 Å². The molecule has 3 N–H and O–H groups in total. The third-order valence-electron chi connectivity index (χ3n) is 5.52. The van der Waals surface area contributed by atoms with Crippen LogP contribution in [0.3, 0.4) is 0 Å². The van der Waals surface area contributed by atoms with Crippen LogP contribution in [0.15, 0.2) is 30.3 Å². The maximum absolute atomic E-state index is 9.76. The summed E-state index contributed by atoms with van der Waals surface area (Å²) in [6.45, 7) is 7.91. The van der Waals surface area contributed by atoms with Crippen molar-refractivity contribution in [3.8, 4) is 0 Å². The Kier molecular flexibility index (Phi) is 5.42. The molecule has 0 radical (unpaired) electrons. The van der Waals surface area contributed by atoms with E-state index in [1.165, 1.54) is 25.8 Å². The minimum Gasteiger partial charge on any atom is -0.394 e. The molecule has 1 atom stereocenters. The van der Waals surface area contributed by atoms with E-state index in [2.05, 4.69) is 18.7 Å². The lowest BCUT2D eigenvalue weighted by Gasteiger charge is -2.31. The summed E-state index contributed by atoms with van der Waals surface area (Å²) in [6, 6.07) is 9.99. The van der Waals surface area contributed by atoms with Crippen LogP contribution in [0.25, 0.3) is 0 Å². The topological polar surface area (TPSA) is 49.5 Å². The van der Waals surface area contributed by atoms with Gasteiger partial charge in [-0.3, -0.25) is 0 Å². The third kappa shape index (κ3) is 3.65. The zero-order chi connectivity index (χ0) is 15.3. The highest BCUT2D eigenvalue weighted by Crippen LogP contribution is 2.37. The fraction of sp³-hybridized carbons (Fsp3) is 0.667. The monoisotopic (exact) mass is 290 g/mol. The highest BCUT2D eigenvalue weighted by molar-refractivity contribution is 5.24. The van der Waals surface area contributed by atoms with Gasteiger partial charge < -0.3 is 15.7 Å². The summed E-state index contributed by atoms with van der Waals surface area (Å²) < 4.78 is 0. The van der Waals surface area contributed by atoms with Gasteiger partial charge in [0.15, 0.2) is 0 Å². The molecule has 1 aliphatic heterocycles. The minimum absolute atomic E-state index is 0.00243. The molecule has 2 rings (SSSR count). The van der Waals surface area contributed by atoms with Crippen LogP contribution in [0.4, 0.5) is 0 Å². The molecular formula is C18H30N2O. The van der Waals surface area contributed by atoms with Crippen LogP contribution in [-0.4, -0.2) is 36.2 Å². The molecule has 0 aliphatic carbocycles. The van der Waals surface area contributed by atoms with Crippen molar-refractivity contribution in [2.24, 2.45) is 11.1 Å². The molecule has 118 valence electrons. The first-order valence-electron chi connectivity index (χ1n) is 8.25. The molecule has 21 heavy (non-hydrogen) atoms. The molecule has 3 heteroatoms. The Morgan fingerprint density at radius 3 is 2.43 bits per heavy atom. The number of likely N-dealkylation sites (tertiary alicyclic amines) is 1. The van der Waals surface area contributed by atoms with Crippen molar-refractivity contribution in [1.82, 2.24) is 4.90 Å². The van der Waals surface area contributed by atoms with E-state index in [0.717, 1.165) is 25.1 Å². The average molecular weight is 290 g/mol. The highest BCUT2D eigenvalue weighted by atomic mass is 16.3. The first kappa shape index (κ1) is 16.5. The van der Waals surface area contributed by atoms with E-state index >= 15 is 0 Å². The number of nitrogens with two attached hydrogens (primary N) is 1. The molecule has 1 unspecified atom stereocenters. The van der Waals surface area contributed by atoms with Crippen molar-refractivity contribution >= 4 is 0 Å². The van der Waals surface area contributed by atoms with E-state index in [1.807, 2.05) is 30.3 Å². The van der Waals surface area contributed by atoms with Gasteiger partial charge in [0, 0.05) is 13.1 Å². The first-order valence-corrected chi connectivity index (χ1v) is 8.25. The Morgan fingerprint density at radius 2 is 1.90 bits per heavy atom. The Balaban J connectivity index is 1.96. The SMILES string of the molecule is CCC1(CC)CCN(CCC(N)(CO)c2ccccc2)C1. The predicted octanol–water partition coefficient (Wildman–Crippen LogP) is 2.74. The van der Waals surface area contributed by atoms with E-state index < -0.39 is 5.54 Å². The third-order valence-corrected chi connectivity index (χ3v) is 5.52. The number of aliphatic hydroxyl groups excluding tert-OH is 1. The molecule has 0 amide bonds. The fourth-order valence-corrected chi connectivity index (χ4v) is 3.49. The van der Waals surface area contributed by atoms with Gasteiger partial charge in [0.1, 0.15) is 0 Å². The number of hydrogen-bond donors (Lipinski definition) is 2. The van der Waals surface area contributed by atoms with Crippen molar-refractivity contribution in [2.45, 2.75) is 45.1 Å². The highest BCUT2D eigenvalue weighted by Gasteiger charge is 2.36. The van der Waals surface area contributed by atoms with E-state index in [1.54, 1.807) is 0 Å². The molecule has 0 aromatic heterocycles. The maximum Gasteiger partial charge on any atom is 0.0656 e. The summed E-state index contributed by atoms with van der Waals surface area (Å²) >= 11 is 0. The van der Waals surface area contributed by atoms with Crippen molar-refractivity contribution in [2.75, 3.05) is 26.2 Å². The van der Waals surface area contributed by atoms with Gasteiger partial charge in [0.25, 0.3) is 0 Å². The van der Waals surface area contributed by atoms with E-state index in [-0.39, 0.29) is 6.61 Å². The van der Waals surface area contributed by atoms with Gasteiger partial charge in [-0.25, -0.2) is 0 Å². The molecule has 1 fully saturated rings. The molecule has 1 heterocycles. The molecule has 0 saturated carbocycles. The average Bonchev–Trinajstić information content (AvgIpc) is 2.98. The summed E-state index contributed by atoms with van der Waals surface area (Å²) in [4.78, 5) is 2.52. The zero-order valence-electron chi connectivity index (χ0n) is 13.5. The Hall–Kier alpha value is -0.900. The lowest BCUT2D eigenvalue weighted by atomic mass is 9.82. The molecule has 0 spiro atoms. The van der Waals surface area contributed by atoms with Gasteiger partial charge in [-0.1, -0.05) is 44.2 Å². The van der Waals surface area contributed by atoms with Crippen LogP contribution in [0.1, 0.15) is 45.1 Å². The smallest absolute Gasteiger partial charge is 0.0656 e. The fourth-order valence-electron chi connectivity index (χ4n) is 3.49. The molecular weight excluding hydrogens is 260 g/mol. The number of rotatable bonds is 7. The quantitative estimate of drug-likeness (QED) is 0.812. The van der Waals surface area contributed by atoms with Crippen LogP contribution in [0, 0.1) is 5.41 Å².